The molecule has 1 fully saturated rings. The molecule has 1 aliphatic heterocycles. The molecule has 0 spiro atoms. The molecule has 1 aromatic carbocycles. The summed E-state index contributed by atoms with van der Waals surface area (Å²) in [5.74, 6) is 0.142. The van der Waals surface area contributed by atoms with Gasteiger partial charge in [0.05, 0.1) is 25.5 Å². The molecule has 0 saturated carbocycles. The van der Waals surface area contributed by atoms with Gasteiger partial charge in [-0.25, -0.2) is 13.8 Å². The Morgan fingerprint density at radius 1 is 1.03 bits per heavy atom. The Hall–Kier alpha value is -3.60. The Morgan fingerprint density at radius 3 is 2.45 bits per heavy atom. The van der Waals surface area contributed by atoms with Crippen LogP contribution in [0.4, 0.5) is 32.2 Å². The van der Waals surface area contributed by atoms with Gasteiger partial charge < -0.3 is 25.0 Å². The van der Waals surface area contributed by atoms with Gasteiger partial charge in [0, 0.05) is 37.3 Å². The molecular formula is C22H25F2N7O2. The lowest BCUT2D eigenvalue weighted by molar-refractivity contribution is -0.00572. The van der Waals surface area contributed by atoms with Crippen LogP contribution in [0.5, 0.6) is 5.75 Å². The van der Waals surface area contributed by atoms with E-state index in [0.717, 1.165) is 6.20 Å². The van der Waals surface area contributed by atoms with Crippen LogP contribution in [0.15, 0.2) is 30.5 Å². The summed E-state index contributed by atoms with van der Waals surface area (Å²) in [6.07, 6.45) is 1.11. The van der Waals surface area contributed by atoms with Gasteiger partial charge in [0.2, 0.25) is 5.95 Å². The topological polar surface area (TPSA) is 97.3 Å². The van der Waals surface area contributed by atoms with Crippen molar-refractivity contribution in [2.45, 2.75) is 26.1 Å². The summed E-state index contributed by atoms with van der Waals surface area (Å²) in [4.78, 5) is 10.4. The molecule has 174 valence electrons. The zero-order chi connectivity index (χ0) is 23.5. The molecule has 0 aliphatic carbocycles. The van der Waals surface area contributed by atoms with Crippen LogP contribution in [0, 0.1) is 11.6 Å². The van der Waals surface area contributed by atoms with Crippen LogP contribution in [0.1, 0.15) is 13.8 Å². The predicted octanol–water partition coefficient (Wildman–Crippen LogP) is 3.62. The minimum atomic E-state index is -0.648. The lowest BCUT2D eigenvalue weighted by atomic mass is 10.1. The maximum absolute atomic E-state index is 14.7. The van der Waals surface area contributed by atoms with Gasteiger partial charge in [-0.1, -0.05) is 0 Å². The molecule has 33 heavy (non-hydrogen) atoms. The highest BCUT2D eigenvalue weighted by atomic mass is 19.1. The summed E-state index contributed by atoms with van der Waals surface area (Å²) in [6, 6.07) is 6.08. The van der Waals surface area contributed by atoms with Crippen molar-refractivity contribution in [1.29, 1.82) is 0 Å². The maximum Gasteiger partial charge on any atom is 0.227 e. The number of nitrogens with one attached hydrogen (secondary N) is 2. The van der Waals surface area contributed by atoms with E-state index in [-0.39, 0.29) is 23.8 Å². The number of hydrogen-bond acceptors (Lipinski definition) is 9. The first-order valence-electron chi connectivity index (χ1n) is 10.5. The minimum Gasteiger partial charge on any atom is -0.497 e. The SMILES string of the molecule is CNc1nnc(Nc2nc(N3C[C@@H](C)O[C@@H](C)C3)ncc2F)cc1-c1ccc(OC)cc1F. The van der Waals surface area contributed by atoms with Gasteiger partial charge in [-0.3, -0.25) is 0 Å². The number of halogens is 2. The highest BCUT2D eigenvalue weighted by Crippen LogP contribution is 2.32. The van der Waals surface area contributed by atoms with Crippen LogP contribution in [-0.2, 0) is 4.74 Å². The molecule has 9 nitrogen and oxygen atoms in total. The molecule has 2 N–H and O–H groups in total. The number of nitrogens with zero attached hydrogens (tertiary/aromatic N) is 5. The van der Waals surface area contributed by atoms with Crippen molar-refractivity contribution in [2.24, 2.45) is 0 Å². The van der Waals surface area contributed by atoms with Crippen molar-refractivity contribution in [3.63, 3.8) is 0 Å². The minimum absolute atomic E-state index is 0.000665. The van der Waals surface area contributed by atoms with E-state index in [0.29, 0.717) is 41.7 Å². The largest absolute Gasteiger partial charge is 0.497 e. The third kappa shape index (κ3) is 4.92. The number of rotatable bonds is 6. The average molecular weight is 457 g/mol. The molecule has 4 rings (SSSR count). The standard InChI is InChI=1S/C22H25F2N7O2/c1-12-10-31(11-13(2)33-12)22-26-9-18(24)21(28-22)27-19-8-16(20(25-3)30-29-19)15-6-5-14(32-4)7-17(15)23/h5-9,12-13H,10-11H2,1-4H3,(H,25,30)(H,26,27,28,29)/t12-,13+. The second kappa shape index (κ2) is 9.49. The zero-order valence-corrected chi connectivity index (χ0v) is 18.8. The number of morpholine rings is 1. The molecule has 3 heterocycles. The van der Waals surface area contributed by atoms with Crippen molar-refractivity contribution in [1.82, 2.24) is 20.2 Å². The second-order valence-corrected chi connectivity index (χ2v) is 7.74. The summed E-state index contributed by atoms with van der Waals surface area (Å²) < 4.78 is 40.0. The first-order valence-corrected chi connectivity index (χ1v) is 10.5. The van der Waals surface area contributed by atoms with Gasteiger partial charge in [0.1, 0.15) is 11.6 Å². The molecule has 3 aromatic rings. The number of anilines is 4. The normalized spacial score (nSPS) is 18.2. The summed E-state index contributed by atoms with van der Waals surface area (Å²) in [7, 11) is 3.12. The van der Waals surface area contributed by atoms with E-state index in [1.807, 2.05) is 18.7 Å². The second-order valence-electron chi connectivity index (χ2n) is 7.74. The summed E-state index contributed by atoms with van der Waals surface area (Å²) in [5, 5.41) is 13.9. The number of benzene rings is 1. The lowest BCUT2D eigenvalue weighted by Crippen LogP contribution is -2.46. The van der Waals surface area contributed by atoms with Crippen molar-refractivity contribution >= 4 is 23.4 Å². The Bertz CT molecular complexity index is 1140. The summed E-state index contributed by atoms with van der Waals surface area (Å²) in [6.45, 7) is 5.11. The first kappa shape index (κ1) is 22.6. The number of hydrogen-bond donors (Lipinski definition) is 2. The Morgan fingerprint density at radius 2 is 1.79 bits per heavy atom. The van der Waals surface area contributed by atoms with Crippen molar-refractivity contribution in [2.75, 3.05) is 42.8 Å². The molecule has 11 heteroatoms. The molecule has 1 saturated heterocycles. The highest BCUT2D eigenvalue weighted by Gasteiger charge is 2.25. The van der Waals surface area contributed by atoms with E-state index in [2.05, 4.69) is 30.8 Å². The Kier molecular flexibility index (Phi) is 6.50. The number of ether oxygens (including phenoxy) is 2. The third-order valence-electron chi connectivity index (χ3n) is 5.18. The zero-order valence-electron chi connectivity index (χ0n) is 18.8. The fourth-order valence-electron chi connectivity index (χ4n) is 3.74. The van der Waals surface area contributed by atoms with E-state index in [4.69, 9.17) is 9.47 Å². The number of methoxy groups -OCH3 is 1. The maximum atomic E-state index is 14.7. The number of aromatic nitrogens is 4. The van der Waals surface area contributed by atoms with Crippen LogP contribution in [0.3, 0.4) is 0 Å². The van der Waals surface area contributed by atoms with Gasteiger partial charge in [-0.2, -0.15) is 4.98 Å². The van der Waals surface area contributed by atoms with Gasteiger partial charge in [0.25, 0.3) is 0 Å². The molecule has 1 aliphatic rings. The highest BCUT2D eigenvalue weighted by molar-refractivity contribution is 5.78. The van der Waals surface area contributed by atoms with E-state index in [1.165, 1.54) is 13.2 Å². The molecular weight excluding hydrogens is 432 g/mol. The van der Waals surface area contributed by atoms with Crippen LogP contribution in [-0.4, -0.2) is 59.6 Å². The van der Waals surface area contributed by atoms with Crippen LogP contribution in [0.25, 0.3) is 11.1 Å². The van der Waals surface area contributed by atoms with Crippen LogP contribution >= 0.6 is 0 Å². The van der Waals surface area contributed by atoms with Crippen molar-refractivity contribution in [3.8, 4) is 16.9 Å². The van der Waals surface area contributed by atoms with E-state index < -0.39 is 11.6 Å². The van der Waals surface area contributed by atoms with Gasteiger partial charge in [-0.15, -0.1) is 10.2 Å². The van der Waals surface area contributed by atoms with Crippen molar-refractivity contribution < 1.29 is 18.3 Å². The molecule has 0 bridgehead atoms. The Labute approximate surface area is 190 Å². The van der Waals surface area contributed by atoms with Gasteiger partial charge in [-0.05, 0) is 32.0 Å². The van der Waals surface area contributed by atoms with E-state index in [9.17, 15) is 8.78 Å². The van der Waals surface area contributed by atoms with Gasteiger partial charge >= 0.3 is 0 Å². The van der Waals surface area contributed by atoms with E-state index in [1.54, 1.807) is 25.2 Å². The monoisotopic (exact) mass is 457 g/mol. The fourth-order valence-corrected chi connectivity index (χ4v) is 3.74. The van der Waals surface area contributed by atoms with Crippen LogP contribution < -0.4 is 20.3 Å². The molecule has 0 amide bonds. The Balaban J connectivity index is 1.65. The lowest BCUT2D eigenvalue weighted by Gasteiger charge is -2.35. The third-order valence-corrected chi connectivity index (χ3v) is 5.18. The smallest absolute Gasteiger partial charge is 0.227 e. The van der Waals surface area contributed by atoms with E-state index >= 15 is 0 Å². The molecule has 0 radical (unpaired) electrons. The molecule has 2 atom stereocenters. The summed E-state index contributed by atoms with van der Waals surface area (Å²) in [5.41, 5.74) is 0.735. The first-order chi connectivity index (χ1) is 15.9. The summed E-state index contributed by atoms with van der Waals surface area (Å²) >= 11 is 0. The molecule has 0 unspecified atom stereocenters. The quantitative estimate of drug-likeness (QED) is 0.575. The van der Waals surface area contributed by atoms with Gasteiger partial charge in [0.15, 0.2) is 23.3 Å². The molecule has 2 aromatic heterocycles. The fraction of sp³-hybridized carbons (Fsp3) is 0.364. The average Bonchev–Trinajstić information content (AvgIpc) is 2.79. The predicted molar refractivity (Wildman–Crippen MR) is 121 cm³/mol. The van der Waals surface area contributed by atoms with Crippen molar-refractivity contribution in [3.05, 3.63) is 42.1 Å². The van der Waals surface area contributed by atoms with Crippen LogP contribution in [0.2, 0.25) is 0 Å².